The number of aryl methyl sites for hydroxylation is 2. The smallest absolute Gasteiger partial charge is 0.295 e. The van der Waals surface area contributed by atoms with Crippen LogP contribution in [-0.2, 0) is 14.3 Å². The summed E-state index contributed by atoms with van der Waals surface area (Å²) in [5.41, 5.74) is 2.35. The van der Waals surface area contributed by atoms with Crippen LogP contribution in [0.2, 0.25) is 5.02 Å². The van der Waals surface area contributed by atoms with Gasteiger partial charge in [0.25, 0.3) is 11.7 Å². The lowest BCUT2D eigenvalue weighted by atomic mass is 9.93. The van der Waals surface area contributed by atoms with Crippen molar-refractivity contribution in [1.29, 1.82) is 0 Å². The van der Waals surface area contributed by atoms with E-state index in [1.807, 2.05) is 19.9 Å². The molecule has 2 aromatic carbocycles. The molecule has 0 aliphatic carbocycles. The summed E-state index contributed by atoms with van der Waals surface area (Å²) in [7, 11) is 2.96. The van der Waals surface area contributed by atoms with E-state index in [0.717, 1.165) is 11.1 Å². The van der Waals surface area contributed by atoms with Crippen LogP contribution >= 0.6 is 11.6 Å². The van der Waals surface area contributed by atoms with E-state index < -0.39 is 17.7 Å². The van der Waals surface area contributed by atoms with E-state index in [0.29, 0.717) is 16.9 Å². The van der Waals surface area contributed by atoms with Gasteiger partial charge in [0.2, 0.25) is 0 Å². The van der Waals surface area contributed by atoms with Crippen LogP contribution in [-0.4, -0.2) is 54.2 Å². The predicted molar refractivity (Wildman–Crippen MR) is 116 cm³/mol. The molecule has 1 fully saturated rings. The molecule has 2 aromatic rings. The average Bonchev–Trinajstić information content (AvgIpc) is 2.97. The Morgan fingerprint density at radius 3 is 2.48 bits per heavy atom. The van der Waals surface area contributed by atoms with Crippen LogP contribution in [0.4, 0.5) is 0 Å². The maximum atomic E-state index is 13.0. The highest BCUT2D eigenvalue weighted by molar-refractivity contribution is 6.46. The summed E-state index contributed by atoms with van der Waals surface area (Å²) in [6, 6.07) is 7.10. The molecule has 1 atom stereocenters. The van der Waals surface area contributed by atoms with Gasteiger partial charge in [-0.1, -0.05) is 23.7 Å². The number of phenols is 1. The second-order valence-corrected chi connectivity index (χ2v) is 7.77. The van der Waals surface area contributed by atoms with Crippen LogP contribution in [0.3, 0.4) is 0 Å². The minimum absolute atomic E-state index is 0.0683. The molecule has 1 aliphatic rings. The third-order valence-corrected chi connectivity index (χ3v) is 5.54. The Bertz CT molecular complexity index is 1080. The number of halogens is 1. The van der Waals surface area contributed by atoms with Gasteiger partial charge in [0.15, 0.2) is 0 Å². The van der Waals surface area contributed by atoms with Crippen molar-refractivity contribution < 1.29 is 29.3 Å². The zero-order valence-electron chi connectivity index (χ0n) is 17.7. The van der Waals surface area contributed by atoms with Gasteiger partial charge < -0.3 is 24.6 Å². The first-order valence-electron chi connectivity index (χ1n) is 9.62. The number of nitrogens with zero attached hydrogens (tertiary/aromatic N) is 1. The van der Waals surface area contributed by atoms with Crippen molar-refractivity contribution in [1.82, 2.24) is 4.90 Å². The van der Waals surface area contributed by atoms with Crippen molar-refractivity contribution in [3.05, 3.63) is 63.2 Å². The van der Waals surface area contributed by atoms with Gasteiger partial charge in [-0.2, -0.15) is 0 Å². The SMILES string of the molecule is COCCN1C(=O)C(=O)/C(=C(/O)c2cc(C)cc(C)c2OC)C1c1ccc(O)c(Cl)c1. The molecule has 31 heavy (non-hydrogen) atoms. The highest BCUT2D eigenvalue weighted by atomic mass is 35.5. The molecule has 0 radical (unpaired) electrons. The number of carbonyl (C=O) groups excluding carboxylic acids is 2. The number of hydrogen-bond donors (Lipinski definition) is 2. The fraction of sp³-hybridized carbons (Fsp3) is 0.304. The Labute approximate surface area is 185 Å². The second-order valence-electron chi connectivity index (χ2n) is 7.36. The van der Waals surface area contributed by atoms with Crippen LogP contribution < -0.4 is 4.74 Å². The molecule has 0 aromatic heterocycles. The van der Waals surface area contributed by atoms with Crippen molar-refractivity contribution >= 4 is 29.1 Å². The molecule has 0 spiro atoms. The first-order chi connectivity index (χ1) is 14.7. The summed E-state index contributed by atoms with van der Waals surface area (Å²) in [5, 5.41) is 21.1. The van der Waals surface area contributed by atoms with E-state index in [2.05, 4.69) is 0 Å². The van der Waals surface area contributed by atoms with Crippen LogP contribution in [0.5, 0.6) is 11.5 Å². The molecule has 1 aliphatic heterocycles. The number of rotatable bonds is 6. The van der Waals surface area contributed by atoms with E-state index in [1.54, 1.807) is 12.1 Å². The zero-order chi connectivity index (χ0) is 22.9. The third-order valence-electron chi connectivity index (χ3n) is 5.24. The number of carbonyl (C=O) groups is 2. The summed E-state index contributed by atoms with van der Waals surface area (Å²) >= 11 is 6.09. The van der Waals surface area contributed by atoms with Gasteiger partial charge in [-0.25, -0.2) is 0 Å². The first-order valence-corrected chi connectivity index (χ1v) is 10.00. The average molecular weight is 446 g/mol. The maximum absolute atomic E-state index is 13.0. The lowest BCUT2D eigenvalue weighted by Crippen LogP contribution is -2.32. The summed E-state index contributed by atoms with van der Waals surface area (Å²) < 4.78 is 10.6. The quantitative estimate of drug-likeness (QED) is 0.399. The lowest BCUT2D eigenvalue weighted by molar-refractivity contribution is -0.140. The van der Waals surface area contributed by atoms with Crippen molar-refractivity contribution in [3.63, 3.8) is 0 Å². The second kappa shape index (κ2) is 8.99. The van der Waals surface area contributed by atoms with Crippen LogP contribution in [0.1, 0.15) is 28.3 Å². The highest BCUT2D eigenvalue weighted by Gasteiger charge is 2.46. The van der Waals surface area contributed by atoms with Gasteiger partial charge in [-0.15, -0.1) is 0 Å². The molecule has 164 valence electrons. The van der Waals surface area contributed by atoms with E-state index in [4.69, 9.17) is 21.1 Å². The number of ether oxygens (including phenoxy) is 2. The van der Waals surface area contributed by atoms with E-state index in [9.17, 15) is 19.8 Å². The van der Waals surface area contributed by atoms with Crippen LogP contribution in [0, 0.1) is 13.8 Å². The lowest BCUT2D eigenvalue weighted by Gasteiger charge is -2.25. The molecule has 3 rings (SSSR count). The van der Waals surface area contributed by atoms with Gasteiger partial charge in [-0.05, 0) is 48.7 Å². The molecular formula is C23H24ClNO6. The molecule has 0 bridgehead atoms. The fourth-order valence-electron chi connectivity index (χ4n) is 3.89. The number of Topliss-reactive ketones (excluding diaryl/α,β-unsaturated/α-hetero) is 1. The molecule has 1 heterocycles. The topological polar surface area (TPSA) is 96.3 Å². The van der Waals surface area contributed by atoms with Crippen LogP contribution in [0.25, 0.3) is 5.76 Å². The minimum atomic E-state index is -0.904. The van der Waals surface area contributed by atoms with Gasteiger partial charge >= 0.3 is 0 Å². The van der Waals surface area contributed by atoms with E-state index >= 15 is 0 Å². The molecule has 1 unspecified atom stereocenters. The van der Waals surface area contributed by atoms with E-state index in [-0.39, 0.29) is 35.3 Å². The molecule has 2 N–H and O–H groups in total. The van der Waals surface area contributed by atoms with Gasteiger partial charge in [0.1, 0.15) is 17.3 Å². The predicted octanol–water partition coefficient (Wildman–Crippen LogP) is 3.74. The van der Waals surface area contributed by atoms with Gasteiger partial charge in [0, 0.05) is 13.7 Å². The van der Waals surface area contributed by atoms with Crippen molar-refractivity contribution in [2.24, 2.45) is 0 Å². The normalized spacial score (nSPS) is 18.0. The number of benzene rings is 2. The highest BCUT2D eigenvalue weighted by Crippen LogP contribution is 2.42. The van der Waals surface area contributed by atoms with Gasteiger partial charge in [0.05, 0.1) is 35.9 Å². The molecular weight excluding hydrogens is 422 g/mol. The Balaban J connectivity index is 2.28. The number of aliphatic hydroxyl groups is 1. The summed E-state index contributed by atoms with van der Waals surface area (Å²) in [6.45, 7) is 4.02. The third kappa shape index (κ3) is 4.11. The largest absolute Gasteiger partial charge is 0.507 e. The monoisotopic (exact) mass is 445 g/mol. The van der Waals surface area contributed by atoms with Crippen molar-refractivity contribution in [2.75, 3.05) is 27.4 Å². The summed E-state index contributed by atoms with van der Waals surface area (Å²) in [5.74, 6) is -1.62. The number of methoxy groups -OCH3 is 2. The number of aromatic hydroxyl groups is 1. The summed E-state index contributed by atoms with van der Waals surface area (Å²) in [6.07, 6.45) is 0. The number of amides is 1. The molecule has 1 saturated heterocycles. The Morgan fingerprint density at radius 2 is 1.87 bits per heavy atom. The fourth-order valence-corrected chi connectivity index (χ4v) is 4.08. The number of hydrogen-bond acceptors (Lipinski definition) is 6. The zero-order valence-corrected chi connectivity index (χ0v) is 18.5. The standard InChI is InChI=1S/C23H24ClNO6/c1-12-9-13(2)22(31-4)15(10-12)20(27)18-19(14-5-6-17(26)16(24)11-14)25(7-8-30-3)23(29)21(18)28/h5-6,9-11,19,26-27H,7-8H2,1-4H3/b20-18+. The Morgan fingerprint density at radius 1 is 1.16 bits per heavy atom. The number of phenolic OH excluding ortho intramolecular Hbond substituents is 1. The maximum Gasteiger partial charge on any atom is 0.295 e. The summed E-state index contributed by atoms with van der Waals surface area (Å²) in [4.78, 5) is 27.2. The number of likely N-dealkylation sites (tertiary alicyclic amines) is 1. The Kier molecular flexibility index (Phi) is 6.57. The Hall–Kier alpha value is -3.03. The van der Waals surface area contributed by atoms with Crippen molar-refractivity contribution in [3.8, 4) is 11.5 Å². The van der Waals surface area contributed by atoms with Crippen LogP contribution in [0.15, 0.2) is 35.9 Å². The number of aliphatic hydroxyl groups excluding tert-OH is 1. The first kappa shape index (κ1) is 22.7. The van der Waals surface area contributed by atoms with Gasteiger partial charge in [-0.3, -0.25) is 9.59 Å². The van der Waals surface area contributed by atoms with E-state index in [1.165, 1.54) is 31.3 Å². The molecule has 1 amide bonds. The molecule has 0 saturated carbocycles. The molecule has 8 heteroatoms. The van der Waals surface area contributed by atoms with Crippen molar-refractivity contribution in [2.45, 2.75) is 19.9 Å². The molecule has 7 nitrogen and oxygen atoms in total. The minimum Gasteiger partial charge on any atom is -0.507 e. The number of ketones is 1.